The fraction of sp³-hybridized carbons (Fsp3) is 0.368. The highest BCUT2D eigenvalue weighted by Gasteiger charge is 2.27. The Bertz CT molecular complexity index is 901. The molecule has 1 atom stereocenters. The molecular weight excluding hydrogens is 348 g/mol. The average Bonchev–Trinajstić information content (AvgIpc) is 3.14. The molecular formula is C19H20N4O4. The van der Waals surface area contributed by atoms with Crippen LogP contribution in [0.3, 0.4) is 0 Å². The zero-order valence-electron chi connectivity index (χ0n) is 15.2. The van der Waals surface area contributed by atoms with Gasteiger partial charge in [0.15, 0.2) is 11.4 Å². The topological polar surface area (TPSA) is 120 Å². The number of aromatic nitrogens is 2. The second-order valence-electron chi connectivity index (χ2n) is 6.03. The molecule has 27 heavy (non-hydrogen) atoms. The molecule has 1 aromatic heterocycles. The fourth-order valence-electron chi connectivity index (χ4n) is 2.82. The highest BCUT2D eigenvalue weighted by molar-refractivity contribution is 5.97. The minimum atomic E-state index is -0.641. The number of nitrogens with two attached hydrogens (primary N) is 1. The van der Waals surface area contributed by atoms with E-state index in [0.29, 0.717) is 30.8 Å². The maximum absolute atomic E-state index is 12.3. The van der Waals surface area contributed by atoms with Crippen molar-refractivity contribution in [2.24, 2.45) is 0 Å². The Kier molecular flexibility index (Phi) is 5.52. The molecule has 1 aliphatic rings. The van der Waals surface area contributed by atoms with Gasteiger partial charge < -0.3 is 19.9 Å². The highest BCUT2D eigenvalue weighted by atomic mass is 16.6. The molecule has 3 rings (SSSR count). The Morgan fingerprint density at radius 1 is 1.44 bits per heavy atom. The van der Waals surface area contributed by atoms with Crippen molar-refractivity contribution in [3.63, 3.8) is 0 Å². The summed E-state index contributed by atoms with van der Waals surface area (Å²) in [4.78, 5) is 21.0. The number of nitrogen functional groups attached to an aromatic ring is 1. The Balaban J connectivity index is 2.10. The lowest BCUT2D eigenvalue weighted by molar-refractivity contribution is 0.0517. The number of hydrogen-bond donors (Lipinski definition) is 1. The number of nitriles is 1. The molecule has 1 aromatic carbocycles. The van der Waals surface area contributed by atoms with Gasteiger partial charge in [0.25, 0.3) is 0 Å². The first-order chi connectivity index (χ1) is 13.0. The summed E-state index contributed by atoms with van der Waals surface area (Å²) >= 11 is 0. The summed E-state index contributed by atoms with van der Waals surface area (Å²) in [6.07, 6.45) is 0.455. The van der Waals surface area contributed by atoms with Crippen LogP contribution in [0.25, 0.3) is 11.4 Å². The Morgan fingerprint density at radius 2 is 2.26 bits per heavy atom. The summed E-state index contributed by atoms with van der Waals surface area (Å²) < 4.78 is 16.3. The van der Waals surface area contributed by atoms with Crippen LogP contribution in [0, 0.1) is 18.3 Å². The Morgan fingerprint density at radius 3 is 2.93 bits per heavy atom. The van der Waals surface area contributed by atoms with Crippen molar-refractivity contribution in [2.45, 2.75) is 26.4 Å². The van der Waals surface area contributed by atoms with Crippen LogP contribution < -0.4 is 10.5 Å². The largest absolute Gasteiger partial charge is 0.471 e. The van der Waals surface area contributed by atoms with Crippen molar-refractivity contribution in [3.05, 3.63) is 34.9 Å². The van der Waals surface area contributed by atoms with Gasteiger partial charge in [-0.05, 0) is 25.5 Å². The number of anilines is 1. The number of nitrogens with zero attached hydrogens (tertiary/aromatic N) is 3. The monoisotopic (exact) mass is 368 g/mol. The van der Waals surface area contributed by atoms with Crippen molar-refractivity contribution in [1.29, 1.82) is 5.26 Å². The van der Waals surface area contributed by atoms with E-state index >= 15 is 0 Å². The molecule has 0 amide bonds. The SMILES string of the molecule is CCOC(=O)c1c(N)nc(-c2cccc(C#N)c2C)nc1O[C@H]1CCOC1. The average molecular weight is 368 g/mol. The van der Waals surface area contributed by atoms with Crippen molar-refractivity contribution >= 4 is 11.8 Å². The van der Waals surface area contributed by atoms with Gasteiger partial charge in [-0.1, -0.05) is 12.1 Å². The van der Waals surface area contributed by atoms with Gasteiger partial charge in [-0.25, -0.2) is 9.78 Å². The summed E-state index contributed by atoms with van der Waals surface area (Å²) in [6.45, 7) is 4.68. The zero-order valence-corrected chi connectivity index (χ0v) is 15.2. The van der Waals surface area contributed by atoms with Gasteiger partial charge in [-0.3, -0.25) is 0 Å². The summed E-state index contributed by atoms with van der Waals surface area (Å²) in [5.41, 5.74) is 7.93. The van der Waals surface area contributed by atoms with Gasteiger partial charge in [0.05, 0.1) is 31.5 Å². The molecule has 0 radical (unpaired) electrons. The van der Waals surface area contributed by atoms with E-state index in [1.54, 1.807) is 32.0 Å². The normalized spacial score (nSPS) is 16.0. The van der Waals surface area contributed by atoms with E-state index in [-0.39, 0.29) is 35.8 Å². The van der Waals surface area contributed by atoms with E-state index < -0.39 is 5.97 Å². The van der Waals surface area contributed by atoms with Crippen LogP contribution in [0.5, 0.6) is 5.88 Å². The number of ether oxygens (including phenoxy) is 3. The molecule has 0 saturated carbocycles. The molecule has 2 heterocycles. The van der Waals surface area contributed by atoms with Crippen LogP contribution in [0.4, 0.5) is 5.82 Å². The molecule has 2 aromatic rings. The quantitative estimate of drug-likeness (QED) is 0.798. The molecule has 1 aliphatic heterocycles. The maximum Gasteiger partial charge on any atom is 0.347 e. The third kappa shape index (κ3) is 3.83. The van der Waals surface area contributed by atoms with Gasteiger partial charge in [0, 0.05) is 12.0 Å². The molecule has 0 spiro atoms. The van der Waals surface area contributed by atoms with Crippen LogP contribution in [0.2, 0.25) is 0 Å². The lowest BCUT2D eigenvalue weighted by Crippen LogP contribution is -2.21. The molecule has 0 unspecified atom stereocenters. The van der Waals surface area contributed by atoms with Crippen LogP contribution in [-0.2, 0) is 9.47 Å². The number of carbonyl (C=O) groups is 1. The fourth-order valence-corrected chi connectivity index (χ4v) is 2.82. The van der Waals surface area contributed by atoms with Crippen molar-refractivity contribution in [3.8, 4) is 23.3 Å². The second kappa shape index (κ2) is 8.01. The number of benzene rings is 1. The van der Waals surface area contributed by atoms with E-state index in [1.807, 2.05) is 0 Å². The van der Waals surface area contributed by atoms with Gasteiger partial charge in [0.1, 0.15) is 11.9 Å². The minimum Gasteiger partial charge on any atom is -0.471 e. The molecule has 1 fully saturated rings. The first-order valence-electron chi connectivity index (χ1n) is 8.64. The van der Waals surface area contributed by atoms with Crippen LogP contribution >= 0.6 is 0 Å². The molecule has 1 saturated heterocycles. The number of esters is 1. The maximum atomic E-state index is 12.3. The predicted molar refractivity (Wildman–Crippen MR) is 97.1 cm³/mol. The zero-order chi connectivity index (χ0) is 19.4. The van der Waals surface area contributed by atoms with Crippen LogP contribution in [-0.4, -0.2) is 41.9 Å². The Hall–Kier alpha value is -3.18. The third-order valence-electron chi connectivity index (χ3n) is 4.24. The molecule has 2 N–H and O–H groups in total. The molecule has 8 nitrogen and oxygen atoms in total. The molecule has 140 valence electrons. The van der Waals surface area contributed by atoms with Crippen LogP contribution in [0.1, 0.15) is 34.8 Å². The first kappa shape index (κ1) is 18.6. The second-order valence-corrected chi connectivity index (χ2v) is 6.03. The van der Waals surface area contributed by atoms with Crippen molar-refractivity contribution < 1.29 is 19.0 Å². The molecule has 8 heteroatoms. The van der Waals surface area contributed by atoms with Gasteiger partial charge >= 0.3 is 5.97 Å². The number of rotatable bonds is 5. The summed E-state index contributed by atoms with van der Waals surface area (Å²) in [6, 6.07) is 7.37. The van der Waals surface area contributed by atoms with E-state index in [0.717, 1.165) is 5.56 Å². The van der Waals surface area contributed by atoms with E-state index in [2.05, 4.69) is 16.0 Å². The van der Waals surface area contributed by atoms with E-state index in [9.17, 15) is 10.1 Å². The molecule has 0 bridgehead atoms. The standard InChI is InChI=1S/C19H20N4O4/c1-3-26-19(24)15-16(21)22-17(14-6-4-5-12(9-20)11(14)2)23-18(15)27-13-7-8-25-10-13/h4-6,13H,3,7-8,10H2,1-2H3,(H2,21,22,23)/t13-/m0/s1. The smallest absolute Gasteiger partial charge is 0.347 e. The third-order valence-corrected chi connectivity index (χ3v) is 4.24. The summed E-state index contributed by atoms with van der Waals surface area (Å²) in [7, 11) is 0. The van der Waals surface area contributed by atoms with E-state index in [4.69, 9.17) is 19.9 Å². The van der Waals surface area contributed by atoms with Gasteiger partial charge in [0.2, 0.25) is 5.88 Å². The lowest BCUT2D eigenvalue weighted by atomic mass is 10.0. The van der Waals surface area contributed by atoms with Crippen LogP contribution in [0.15, 0.2) is 18.2 Å². The Labute approximate surface area is 156 Å². The predicted octanol–water partition coefficient (Wildman–Crippen LogP) is 2.25. The summed E-state index contributed by atoms with van der Waals surface area (Å²) in [5.74, 6) is -0.329. The number of hydrogen-bond acceptors (Lipinski definition) is 8. The number of carbonyl (C=O) groups excluding carboxylic acids is 1. The van der Waals surface area contributed by atoms with Gasteiger partial charge in [-0.2, -0.15) is 10.2 Å². The van der Waals surface area contributed by atoms with Gasteiger partial charge in [-0.15, -0.1) is 0 Å². The van der Waals surface area contributed by atoms with Crippen molar-refractivity contribution in [2.75, 3.05) is 25.6 Å². The molecule has 0 aliphatic carbocycles. The highest BCUT2D eigenvalue weighted by Crippen LogP contribution is 2.30. The van der Waals surface area contributed by atoms with Crippen molar-refractivity contribution in [1.82, 2.24) is 9.97 Å². The first-order valence-corrected chi connectivity index (χ1v) is 8.64. The minimum absolute atomic E-state index is 0.00147. The lowest BCUT2D eigenvalue weighted by Gasteiger charge is -2.16. The van der Waals surface area contributed by atoms with E-state index in [1.165, 1.54) is 0 Å². The summed E-state index contributed by atoms with van der Waals surface area (Å²) in [5, 5.41) is 9.25.